The van der Waals surface area contributed by atoms with Crippen LogP contribution in [0.2, 0.25) is 5.02 Å². The molecule has 0 aliphatic rings. The molecule has 0 fully saturated rings. The van der Waals surface area contributed by atoms with E-state index in [0.29, 0.717) is 10.9 Å². The van der Waals surface area contributed by atoms with Gasteiger partial charge in [0.1, 0.15) is 5.82 Å². The molecule has 1 aromatic carbocycles. The molecule has 1 aromatic heterocycles. The van der Waals surface area contributed by atoms with Gasteiger partial charge in [0.15, 0.2) is 0 Å². The zero-order chi connectivity index (χ0) is 14.0. The number of hydrogen-bond donors (Lipinski definition) is 0. The molecule has 0 spiro atoms. The Morgan fingerprint density at radius 3 is 2.84 bits per heavy atom. The van der Waals surface area contributed by atoms with Crippen LogP contribution in [0.3, 0.4) is 0 Å². The van der Waals surface area contributed by atoms with Crippen LogP contribution < -0.4 is 0 Å². The van der Waals surface area contributed by atoms with Crippen LogP contribution in [0.4, 0.5) is 0 Å². The molecule has 2 unspecified atom stereocenters. The molecule has 6 heteroatoms. The minimum atomic E-state index is -0.811. The van der Waals surface area contributed by atoms with Crippen molar-refractivity contribution in [3.8, 4) is 0 Å². The number of aromatic nitrogens is 2. The second-order valence-corrected chi connectivity index (χ2v) is 7.05. The third-order valence-electron chi connectivity index (χ3n) is 3.23. The monoisotopic (exact) mass is 318 g/mol. The van der Waals surface area contributed by atoms with Crippen molar-refractivity contribution in [2.75, 3.05) is 6.26 Å². The second-order valence-electron chi connectivity index (χ2n) is 4.54. The summed E-state index contributed by atoms with van der Waals surface area (Å²) in [6.07, 6.45) is 2.56. The summed E-state index contributed by atoms with van der Waals surface area (Å²) in [5, 5.41) is 0.835. The Bertz CT molecular complexity index is 612. The maximum atomic E-state index is 11.4. The fraction of sp³-hybridized carbons (Fsp3) is 0.462. The van der Waals surface area contributed by atoms with Gasteiger partial charge >= 0.3 is 0 Å². The quantitative estimate of drug-likeness (QED) is 0.790. The van der Waals surface area contributed by atoms with Crippen molar-refractivity contribution < 1.29 is 4.21 Å². The van der Waals surface area contributed by atoms with Gasteiger partial charge in [0.2, 0.25) is 0 Å². The largest absolute Gasteiger partial charge is 0.327 e. The summed E-state index contributed by atoms with van der Waals surface area (Å²) >= 11 is 12.0. The van der Waals surface area contributed by atoms with Gasteiger partial charge in [-0.15, -0.1) is 11.6 Å². The van der Waals surface area contributed by atoms with E-state index in [1.54, 1.807) is 6.26 Å². The molecule has 19 heavy (non-hydrogen) atoms. The van der Waals surface area contributed by atoms with Crippen molar-refractivity contribution in [3.63, 3.8) is 0 Å². The average molecular weight is 319 g/mol. The number of fused-ring (bicyclic) bond motifs is 1. The van der Waals surface area contributed by atoms with Crippen molar-refractivity contribution in [1.29, 1.82) is 0 Å². The summed E-state index contributed by atoms with van der Waals surface area (Å²) in [6.45, 7) is 2.74. The Morgan fingerprint density at radius 1 is 1.47 bits per heavy atom. The van der Waals surface area contributed by atoms with Gasteiger partial charge in [-0.05, 0) is 24.6 Å². The fourth-order valence-corrected chi connectivity index (χ4v) is 2.78. The first-order chi connectivity index (χ1) is 9.02. The predicted molar refractivity (Wildman–Crippen MR) is 82.4 cm³/mol. The van der Waals surface area contributed by atoms with Crippen LogP contribution in [0.5, 0.6) is 0 Å². The lowest BCUT2D eigenvalue weighted by Crippen LogP contribution is -2.13. The minimum absolute atomic E-state index is 0.153. The molecule has 0 aliphatic carbocycles. The Hall–Kier alpha value is -0.580. The third kappa shape index (κ3) is 3.30. The predicted octanol–water partition coefficient (Wildman–Crippen LogP) is 3.59. The van der Waals surface area contributed by atoms with Crippen LogP contribution in [-0.2, 0) is 23.2 Å². The normalized spacial score (nSPS) is 14.7. The molecular weight excluding hydrogens is 303 g/mol. The lowest BCUT2D eigenvalue weighted by atomic mass is 10.3. The molecular formula is C13H16Cl2N2OS. The first kappa shape index (κ1) is 14.8. The van der Waals surface area contributed by atoms with Gasteiger partial charge in [-0.3, -0.25) is 4.21 Å². The van der Waals surface area contributed by atoms with Crippen molar-refractivity contribution in [1.82, 2.24) is 9.55 Å². The number of rotatable bonds is 5. The first-order valence-electron chi connectivity index (χ1n) is 6.05. The maximum absolute atomic E-state index is 11.4. The van der Waals surface area contributed by atoms with E-state index in [9.17, 15) is 4.21 Å². The van der Waals surface area contributed by atoms with Crippen LogP contribution in [0.1, 0.15) is 19.2 Å². The molecule has 0 saturated carbocycles. The Kier molecular flexibility index (Phi) is 4.87. The van der Waals surface area contributed by atoms with E-state index in [1.165, 1.54) is 0 Å². The van der Waals surface area contributed by atoms with E-state index in [0.717, 1.165) is 29.8 Å². The molecule has 0 radical (unpaired) electrons. The van der Waals surface area contributed by atoms with E-state index in [4.69, 9.17) is 23.2 Å². The van der Waals surface area contributed by atoms with Gasteiger partial charge in [-0.1, -0.05) is 18.5 Å². The molecule has 1 heterocycles. The van der Waals surface area contributed by atoms with Gasteiger partial charge in [0.25, 0.3) is 0 Å². The van der Waals surface area contributed by atoms with Crippen LogP contribution in [0, 0.1) is 0 Å². The van der Waals surface area contributed by atoms with E-state index in [2.05, 4.69) is 9.55 Å². The number of hydrogen-bond acceptors (Lipinski definition) is 2. The minimum Gasteiger partial charge on any atom is -0.327 e. The van der Waals surface area contributed by atoms with Crippen molar-refractivity contribution in [3.05, 3.63) is 29.0 Å². The highest BCUT2D eigenvalue weighted by atomic mass is 35.5. The molecule has 2 atom stereocenters. The summed E-state index contributed by atoms with van der Waals surface area (Å²) in [6, 6.07) is 5.61. The topological polar surface area (TPSA) is 34.9 Å². The van der Waals surface area contributed by atoms with Crippen LogP contribution >= 0.6 is 23.2 Å². The molecule has 0 saturated heterocycles. The smallest absolute Gasteiger partial charge is 0.124 e. The lowest BCUT2D eigenvalue weighted by molar-refractivity contribution is 0.617. The van der Waals surface area contributed by atoms with E-state index >= 15 is 0 Å². The highest BCUT2D eigenvalue weighted by Gasteiger charge is 2.13. The number of benzene rings is 1. The zero-order valence-electron chi connectivity index (χ0n) is 10.9. The van der Waals surface area contributed by atoms with Crippen molar-refractivity contribution in [2.24, 2.45) is 0 Å². The first-order valence-corrected chi connectivity index (χ1v) is 8.59. The molecule has 0 N–H and O–H groups in total. The molecule has 104 valence electrons. The molecule has 0 aliphatic heterocycles. The van der Waals surface area contributed by atoms with Crippen molar-refractivity contribution >= 4 is 45.0 Å². The average Bonchev–Trinajstić information content (AvgIpc) is 2.72. The van der Waals surface area contributed by atoms with E-state index in [1.807, 2.05) is 25.1 Å². The fourth-order valence-electron chi connectivity index (χ4n) is 1.97. The van der Waals surface area contributed by atoms with E-state index in [-0.39, 0.29) is 5.25 Å². The summed E-state index contributed by atoms with van der Waals surface area (Å²) in [4.78, 5) is 4.49. The van der Waals surface area contributed by atoms with Crippen molar-refractivity contribution in [2.45, 2.75) is 31.0 Å². The van der Waals surface area contributed by atoms with Crippen LogP contribution in [0.15, 0.2) is 18.2 Å². The van der Waals surface area contributed by atoms with Crippen LogP contribution in [-0.4, -0.2) is 25.3 Å². The zero-order valence-corrected chi connectivity index (χ0v) is 13.2. The summed E-state index contributed by atoms with van der Waals surface area (Å²) in [5.74, 6) is 1.18. The molecule has 2 rings (SSSR count). The Balaban J connectivity index is 2.34. The second kappa shape index (κ2) is 6.25. The summed E-state index contributed by atoms with van der Waals surface area (Å²) in [7, 11) is -0.811. The Morgan fingerprint density at radius 2 is 2.21 bits per heavy atom. The molecule has 3 nitrogen and oxygen atoms in total. The number of nitrogens with zero attached hydrogens (tertiary/aromatic N) is 2. The maximum Gasteiger partial charge on any atom is 0.124 e. The highest BCUT2D eigenvalue weighted by molar-refractivity contribution is 7.84. The number of aryl methyl sites for hydroxylation is 1. The summed E-state index contributed by atoms with van der Waals surface area (Å²) < 4.78 is 13.5. The summed E-state index contributed by atoms with van der Waals surface area (Å²) in [5.41, 5.74) is 1.88. The number of halogens is 2. The van der Waals surface area contributed by atoms with Gasteiger partial charge in [-0.2, -0.15) is 0 Å². The van der Waals surface area contributed by atoms with Crippen LogP contribution in [0.25, 0.3) is 11.0 Å². The molecule has 0 amide bonds. The van der Waals surface area contributed by atoms with Gasteiger partial charge in [0, 0.05) is 33.9 Å². The Labute approximate surface area is 125 Å². The van der Waals surface area contributed by atoms with Gasteiger partial charge < -0.3 is 4.57 Å². The number of alkyl halides is 1. The number of imidazole rings is 1. The third-order valence-corrected chi connectivity index (χ3v) is 5.08. The van der Waals surface area contributed by atoms with Gasteiger partial charge in [-0.25, -0.2) is 4.98 Å². The molecule has 2 aromatic rings. The SMILES string of the molecule is CC(CCn1c(CCl)nc2ccc(Cl)cc21)S(C)=O. The van der Waals surface area contributed by atoms with E-state index < -0.39 is 10.8 Å². The highest BCUT2D eigenvalue weighted by Crippen LogP contribution is 2.22. The molecule has 0 bridgehead atoms. The lowest BCUT2D eigenvalue weighted by Gasteiger charge is -2.11. The standard InChI is InChI=1S/C13H16Cl2N2OS/c1-9(19(2)18)5-6-17-12-7-10(15)3-4-11(12)16-13(17)8-14/h3-4,7,9H,5-6,8H2,1-2H3. The van der Waals surface area contributed by atoms with Gasteiger partial charge in [0.05, 0.1) is 16.9 Å².